The van der Waals surface area contributed by atoms with E-state index in [-0.39, 0.29) is 28.4 Å². The van der Waals surface area contributed by atoms with Crippen molar-refractivity contribution in [1.29, 1.82) is 0 Å². The summed E-state index contributed by atoms with van der Waals surface area (Å²) in [5, 5.41) is 3.97. The highest BCUT2D eigenvalue weighted by Gasteiger charge is 2.45. The highest BCUT2D eigenvalue weighted by Crippen LogP contribution is 2.41. The van der Waals surface area contributed by atoms with Gasteiger partial charge in [-0.2, -0.15) is 0 Å². The average Bonchev–Trinajstić information content (AvgIpc) is 3.16. The number of pyridine rings is 1. The molecule has 0 aliphatic carbocycles. The van der Waals surface area contributed by atoms with Gasteiger partial charge in [-0.15, -0.1) is 0 Å². The molecule has 2 amide bonds. The van der Waals surface area contributed by atoms with E-state index in [0.717, 1.165) is 29.9 Å². The maximum Gasteiger partial charge on any atom is 0.260 e. The Balaban J connectivity index is 1.42. The number of hydrogen-bond acceptors (Lipinski definition) is 5. The first-order chi connectivity index (χ1) is 13.4. The third kappa shape index (κ3) is 3.23. The van der Waals surface area contributed by atoms with Gasteiger partial charge in [0.15, 0.2) is 0 Å². The Kier molecular flexibility index (Phi) is 4.56. The molecule has 2 aromatic heterocycles. The molecule has 0 bridgehead atoms. The van der Waals surface area contributed by atoms with Crippen molar-refractivity contribution in [3.8, 4) is 0 Å². The number of H-pyrrole nitrogens is 1. The molecule has 148 valence electrons. The lowest BCUT2D eigenvalue weighted by Gasteiger charge is -2.38. The van der Waals surface area contributed by atoms with E-state index in [1.54, 1.807) is 17.0 Å². The number of rotatable bonds is 3. The van der Waals surface area contributed by atoms with Crippen LogP contribution in [0, 0.1) is 19.3 Å². The largest absolute Gasteiger partial charge is 0.361 e. The minimum absolute atomic E-state index is 0.101. The third-order valence-corrected chi connectivity index (χ3v) is 6.10. The molecule has 4 heterocycles. The number of aromatic nitrogens is 2. The second-order valence-electron chi connectivity index (χ2n) is 7.93. The quantitative estimate of drug-likeness (QED) is 0.867. The Hall–Kier alpha value is -2.90. The molecule has 4 rings (SSSR count). The molecule has 2 aliphatic rings. The van der Waals surface area contributed by atoms with Gasteiger partial charge in [0.1, 0.15) is 11.3 Å². The number of amides is 2. The molecule has 28 heavy (non-hydrogen) atoms. The summed E-state index contributed by atoms with van der Waals surface area (Å²) in [6, 6.07) is 3.21. The van der Waals surface area contributed by atoms with Crippen LogP contribution in [-0.2, 0) is 11.3 Å². The molecule has 2 aromatic rings. The van der Waals surface area contributed by atoms with Crippen LogP contribution in [0.5, 0.6) is 0 Å². The van der Waals surface area contributed by atoms with Gasteiger partial charge in [-0.1, -0.05) is 5.16 Å². The van der Waals surface area contributed by atoms with E-state index in [2.05, 4.69) is 10.1 Å². The van der Waals surface area contributed by atoms with E-state index in [1.807, 2.05) is 18.7 Å². The summed E-state index contributed by atoms with van der Waals surface area (Å²) in [5.74, 6) is 0.646. The van der Waals surface area contributed by atoms with Gasteiger partial charge < -0.3 is 19.3 Å². The first kappa shape index (κ1) is 18.5. The normalized spacial score (nSPS) is 18.9. The van der Waals surface area contributed by atoms with Crippen LogP contribution in [0.2, 0.25) is 0 Å². The molecule has 0 unspecified atom stereocenters. The number of hydrogen-bond donors (Lipinski definition) is 1. The fraction of sp³-hybridized carbons (Fsp3) is 0.500. The molecular formula is C20H24N4O4. The monoisotopic (exact) mass is 384 g/mol. The van der Waals surface area contributed by atoms with E-state index in [1.165, 1.54) is 6.20 Å². The van der Waals surface area contributed by atoms with Crippen LogP contribution in [0.4, 0.5) is 0 Å². The van der Waals surface area contributed by atoms with Gasteiger partial charge in [-0.3, -0.25) is 14.4 Å². The SMILES string of the molecule is Cc1noc(C)c1CN1CC2(CCN(C(=O)c3ccc[nH]c3=O)CC2)CC1=O. The number of nitrogens with zero attached hydrogens (tertiary/aromatic N) is 3. The minimum atomic E-state index is -0.366. The van der Waals surface area contributed by atoms with Gasteiger partial charge in [-0.25, -0.2) is 0 Å². The molecule has 1 spiro atoms. The van der Waals surface area contributed by atoms with Gasteiger partial charge in [0.05, 0.1) is 12.2 Å². The van der Waals surface area contributed by atoms with Gasteiger partial charge in [-0.05, 0) is 38.8 Å². The van der Waals surface area contributed by atoms with Gasteiger partial charge in [0, 0.05) is 43.2 Å². The number of likely N-dealkylation sites (tertiary alicyclic amines) is 2. The predicted molar refractivity (Wildman–Crippen MR) is 101 cm³/mol. The van der Waals surface area contributed by atoms with Crippen molar-refractivity contribution in [2.24, 2.45) is 5.41 Å². The van der Waals surface area contributed by atoms with E-state index in [9.17, 15) is 14.4 Å². The lowest BCUT2D eigenvalue weighted by molar-refractivity contribution is -0.128. The molecule has 0 radical (unpaired) electrons. The zero-order chi connectivity index (χ0) is 19.9. The zero-order valence-corrected chi connectivity index (χ0v) is 16.2. The molecule has 8 nitrogen and oxygen atoms in total. The van der Waals surface area contributed by atoms with Crippen LogP contribution >= 0.6 is 0 Å². The van der Waals surface area contributed by atoms with Crippen LogP contribution in [0.15, 0.2) is 27.6 Å². The van der Waals surface area contributed by atoms with E-state index >= 15 is 0 Å². The Morgan fingerprint density at radius 2 is 2.04 bits per heavy atom. The number of carbonyl (C=O) groups is 2. The van der Waals surface area contributed by atoms with E-state index in [4.69, 9.17) is 4.52 Å². The standard InChI is InChI=1S/C20H24N4O4/c1-13-16(14(2)28-22-13)11-24-12-20(10-17(24)25)5-8-23(9-6-20)19(27)15-4-3-7-21-18(15)26/h3-4,7H,5-6,8-12H2,1-2H3,(H,21,26). The van der Waals surface area contributed by atoms with Crippen molar-refractivity contribution < 1.29 is 14.1 Å². The molecule has 8 heteroatoms. The van der Waals surface area contributed by atoms with Crippen LogP contribution in [-0.4, -0.2) is 51.4 Å². The summed E-state index contributed by atoms with van der Waals surface area (Å²) in [5.41, 5.74) is 1.49. The van der Waals surface area contributed by atoms with E-state index < -0.39 is 0 Å². The van der Waals surface area contributed by atoms with Gasteiger partial charge in [0.2, 0.25) is 5.91 Å². The summed E-state index contributed by atoms with van der Waals surface area (Å²) in [6.45, 7) is 6.06. The fourth-order valence-corrected chi connectivity index (χ4v) is 4.32. The van der Waals surface area contributed by atoms with Crippen molar-refractivity contribution in [1.82, 2.24) is 19.9 Å². The number of aromatic amines is 1. The van der Waals surface area contributed by atoms with Crippen molar-refractivity contribution in [3.63, 3.8) is 0 Å². The second-order valence-corrected chi connectivity index (χ2v) is 7.93. The van der Waals surface area contributed by atoms with E-state index in [0.29, 0.717) is 32.6 Å². The van der Waals surface area contributed by atoms with Crippen LogP contribution in [0.25, 0.3) is 0 Å². The molecule has 1 N–H and O–H groups in total. The van der Waals surface area contributed by atoms with Crippen molar-refractivity contribution in [3.05, 3.63) is 51.3 Å². The molecule has 0 atom stereocenters. The number of nitrogens with one attached hydrogen (secondary N) is 1. The van der Waals surface area contributed by atoms with Crippen LogP contribution in [0.1, 0.15) is 46.6 Å². The number of aryl methyl sites for hydroxylation is 2. The average molecular weight is 384 g/mol. The fourth-order valence-electron chi connectivity index (χ4n) is 4.32. The molecule has 0 aromatic carbocycles. The van der Waals surface area contributed by atoms with Crippen LogP contribution in [0.3, 0.4) is 0 Å². The lowest BCUT2D eigenvalue weighted by atomic mass is 9.77. The second kappa shape index (κ2) is 6.92. The Morgan fingerprint density at radius 1 is 1.29 bits per heavy atom. The molecule has 2 fully saturated rings. The summed E-state index contributed by atoms with van der Waals surface area (Å²) in [4.78, 5) is 43.3. The van der Waals surface area contributed by atoms with Gasteiger partial charge in [0.25, 0.3) is 11.5 Å². The Bertz CT molecular complexity index is 949. The maximum absolute atomic E-state index is 12.7. The summed E-state index contributed by atoms with van der Waals surface area (Å²) in [6.07, 6.45) is 3.53. The smallest absolute Gasteiger partial charge is 0.260 e. The number of carbonyl (C=O) groups excluding carboxylic acids is 2. The number of piperidine rings is 1. The summed E-state index contributed by atoms with van der Waals surface area (Å²) in [7, 11) is 0. The first-order valence-corrected chi connectivity index (χ1v) is 9.55. The Morgan fingerprint density at radius 3 is 2.68 bits per heavy atom. The third-order valence-electron chi connectivity index (χ3n) is 6.10. The topological polar surface area (TPSA) is 99.5 Å². The highest BCUT2D eigenvalue weighted by molar-refractivity contribution is 5.93. The summed E-state index contributed by atoms with van der Waals surface area (Å²) < 4.78 is 5.21. The van der Waals surface area contributed by atoms with Crippen molar-refractivity contribution in [2.45, 2.75) is 39.7 Å². The molecular weight excluding hydrogens is 360 g/mol. The predicted octanol–water partition coefficient (Wildman–Crippen LogP) is 1.63. The van der Waals surface area contributed by atoms with Crippen LogP contribution < -0.4 is 5.56 Å². The minimum Gasteiger partial charge on any atom is -0.361 e. The molecule has 2 saturated heterocycles. The zero-order valence-electron chi connectivity index (χ0n) is 16.2. The highest BCUT2D eigenvalue weighted by atomic mass is 16.5. The lowest BCUT2D eigenvalue weighted by Crippen LogP contribution is -2.45. The van der Waals surface area contributed by atoms with Gasteiger partial charge >= 0.3 is 0 Å². The van der Waals surface area contributed by atoms with Crippen molar-refractivity contribution >= 4 is 11.8 Å². The first-order valence-electron chi connectivity index (χ1n) is 9.55. The molecule has 2 aliphatic heterocycles. The summed E-state index contributed by atoms with van der Waals surface area (Å²) >= 11 is 0. The Labute approximate surface area is 162 Å². The maximum atomic E-state index is 12.7. The molecule has 0 saturated carbocycles. The van der Waals surface area contributed by atoms with Crippen molar-refractivity contribution in [2.75, 3.05) is 19.6 Å².